The summed E-state index contributed by atoms with van der Waals surface area (Å²) in [6, 6.07) is 0. The fourth-order valence-corrected chi connectivity index (χ4v) is 1.56. The first-order chi connectivity index (χ1) is 7.59. The van der Waals surface area contributed by atoms with Crippen LogP contribution in [0, 0.1) is 0 Å². The summed E-state index contributed by atoms with van der Waals surface area (Å²) in [7, 11) is 0. The van der Waals surface area contributed by atoms with Crippen LogP contribution >= 0.6 is 0 Å². The van der Waals surface area contributed by atoms with Crippen molar-refractivity contribution in [2.24, 2.45) is 0 Å². The maximum Gasteiger partial charge on any atom is 0.221 e. The van der Waals surface area contributed by atoms with Crippen LogP contribution in [0.4, 0.5) is 0 Å². The van der Waals surface area contributed by atoms with E-state index < -0.39 is 42.6 Å². The number of ether oxygens (including phenoxy) is 2. The highest BCUT2D eigenvalue weighted by Gasteiger charge is 2.54. The predicted octanol–water partition coefficient (Wildman–Crippen LogP) is -2.08. The lowest BCUT2D eigenvalue weighted by Crippen LogP contribution is -2.67. The van der Waals surface area contributed by atoms with Crippen molar-refractivity contribution in [3.63, 3.8) is 0 Å². The van der Waals surface area contributed by atoms with Gasteiger partial charge in [0.15, 0.2) is 6.29 Å². The van der Waals surface area contributed by atoms with E-state index in [1.54, 1.807) is 20.8 Å². The van der Waals surface area contributed by atoms with Crippen LogP contribution in [0.5, 0.6) is 0 Å². The Hall–Kier alpha value is -0.280. The summed E-state index contributed by atoms with van der Waals surface area (Å²) in [6.45, 7) is 4.41. The van der Waals surface area contributed by atoms with E-state index in [-0.39, 0.29) is 0 Å². The minimum Gasteiger partial charge on any atom is -0.393 e. The zero-order chi connectivity index (χ0) is 13.4. The highest BCUT2D eigenvalue weighted by molar-refractivity contribution is 4.94. The largest absolute Gasteiger partial charge is 0.393 e. The predicted molar refractivity (Wildman–Crippen MR) is 55.8 cm³/mol. The van der Waals surface area contributed by atoms with Gasteiger partial charge in [0, 0.05) is 0 Å². The highest BCUT2D eigenvalue weighted by Crippen LogP contribution is 2.30. The van der Waals surface area contributed by atoms with E-state index in [1.165, 1.54) is 0 Å². The molecule has 1 aliphatic heterocycles. The Kier molecular flexibility index (Phi) is 4.15. The molecule has 1 heterocycles. The molecule has 1 aliphatic rings. The van der Waals surface area contributed by atoms with Gasteiger partial charge in [-0.1, -0.05) is 0 Å². The van der Waals surface area contributed by atoms with Crippen LogP contribution in [0.1, 0.15) is 20.8 Å². The smallest absolute Gasteiger partial charge is 0.221 e. The van der Waals surface area contributed by atoms with E-state index in [1.807, 2.05) is 0 Å². The van der Waals surface area contributed by atoms with Crippen molar-refractivity contribution in [1.29, 1.82) is 0 Å². The number of rotatable bonds is 2. The second-order valence-electron chi connectivity index (χ2n) is 5.12. The molecular formula is C10H20O7. The average molecular weight is 252 g/mol. The summed E-state index contributed by atoms with van der Waals surface area (Å²) >= 11 is 0. The van der Waals surface area contributed by atoms with E-state index in [4.69, 9.17) is 14.6 Å². The second-order valence-corrected chi connectivity index (χ2v) is 5.12. The molecule has 0 bridgehead atoms. The molecule has 1 fully saturated rings. The minimum atomic E-state index is -2.72. The summed E-state index contributed by atoms with van der Waals surface area (Å²) in [4.78, 5) is 0. The Balaban J connectivity index is 2.84. The van der Waals surface area contributed by atoms with E-state index >= 15 is 0 Å². The summed E-state index contributed by atoms with van der Waals surface area (Å²) in [5, 5.41) is 47.1. The Bertz CT molecular complexity index is 256. The summed E-state index contributed by atoms with van der Waals surface area (Å²) < 4.78 is 10.3. The molecule has 17 heavy (non-hydrogen) atoms. The summed E-state index contributed by atoms with van der Waals surface area (Å²) in [5.41, 5.74) is -0.656. The van der Waals surface area contributed by atoms with E-state index in [0.717, 1.165) is 0 Å². The molecule has 102 valence electrons. The summed E-state index contributed by atoms with van der Waals surface area (Å²) in [6.07, 6.45) is -6.20. The zero-order valence-corrected chi connectivity index (χ0v) is 10.1. The van der Waals surface area contributed by atoms with Crippen molar-refractivity contribution in [3.8, 4) is 0 Å². The molecule has 2 unspecified atom stereocenters. The number of aliphatic hydroxyl groups is 5. The molecule has 0 aliphatic carbocycles. The molecule has 7 heteroatoms. The molecule has 0 aromatic heterocycles. The monoisotopic (exact) mass is 252 g/mol. The standard InChI is InChI=1S/C10H20O7/c1-9(2,3)17-8-6(12)7(13)10(14,15)5(4-11)16-8/h5-8,11-15H,4H2,1-3H3/t5?,6?,7-,8+/m1/s1. The SMILES string of the molecule is CC(C)(C)O[C@@H]1OC(CO)C(O)(O)[C@H](O)C1O. The van der Waals surface area contributed by atoms with Gasteiger partial charge in [-0.2, -0.15) is 0 Å². The normalized spacial score (nSPS) is 38.1. The molecule has 4 atom stereocenters. The first-order valence-electron chi connectivity index (χ1n) is 5.34. The van der Waals surface area contributed by atoms with Crippen molar-refractivity contribution >= 4 is 0 Å². The van der Waals surface area contributed by atoms with Gasteiger partial charge in [0.25, 0.3) is 0 Å². The van der Waals surface area contributed by atoms with E-state index in [0.29, 0.717) is 0 Å². The highest BCUT2D eigenvalue weighted by atomic mass is 16.7. The third kappa shape index (κ3) is 3.14. The Morgan fingerprint density at radius 1 is 1.24 bits per heavy atom. The molecular weight excluding hydrogens is 232 g/mol. The molecule has 0 saturated carbocycles. The minimum absolute atomic E-state index is 0.656. The molecule has 5 N–H and O–H groups in total. The lowest BCUT2D eigenvalue weighted by atomic mass is 9.95. The van der Waals surface area contributed by atoms with E-state index in [2.05, 4.69) is 0 Å². The zero-order valence-electron chi connectivity index (χ0n) is 10.1. The van der Waals surface area contributed by atoms with Crippen molar-refractivity contribution in [3.05, 3.63) is 0 Å². The Morgan fingerprint density at radius 3 is 2.18 bits per heavy atom. The maximum atomic E-state index is 9.65. The molecule has 7 nitrogen and oxygen atoms in total. The van der Waals surface area contributed by atoms with Crippen LogP contribution in [0.3, 0.4) is 0 Å². The van der Waals surface area contributed by atoms with Gasteiger partial charge < -0.3 is 35.0 Å². The van der Waals surface area contributed by atoms with Gasteiger partial charge in [-0.15, -0.1) is 0 Å². The topological polar surface area (TPSA) is 120 Å². The van der Waals surface area contributed by atoms with Crippen LogP contribution in [0.2, 0.25) is 0 Å². The maximum absolute atomic E-state index is 9.65. The lowest BCUT2D eigenvalue weighted by Gasteiger charge is -2.45. The van der Waals surface area contributed by atoms with Crippen LogP contribution in [-0.2, 0) is 9.47 Å². The molecule has 0 aromatic carbocycles. The molecule has 0 spiro atoms. The Labute approximate surface area is 99.2 Å². The van der Waals surface area contributed by atoms with Crippen LogP contribution in [0.15, 0.2) is 0 Å². The molecule has 1 rings (SSSR count). The first-order valence-corrected chi connectivity index (χ1v) is 5.34. The second kappa shape index (κ2) is 4.77. The average Bonchev–Trinajstić information content (AvgIpc) is 2.18. The number of hydrogen-bond acceptors (Lipinski definition) is 7. The number of aliphatic hydroxyl groups excluding tert-OH is 3. The van der Waals surface area contributed by atoms with Crippen molar-refractivity contribution in [2.75, 3.05) is 6.61 Å². The van der Waals surface area contributed by atoms with Gasteiger partial charge in [0.05, 0.1) is 12.2 Å². The van der Waals surface area contributed by atoms with Crippen LogP contribution in [0.25, 0.3) is 0 Å². The molecule has 0 radical (unpaired) electrons. The lowest BCUT2D eigenvalue weighted by molar-refractivity contribution is -0.395. The molecule has 0 aromatic rings. The third-order valence-corrected chi connectivity index (χ3v) is 2.45. The van der Waals surface area contributed by atoms with Crippen molar-refractivity contribution in [1.82, 2.24) is 0 Å². The van der Waals surface area contributed by atoms with Gasteiger partial charge in [0.1, 0.15) is 18.3 Å². The first kappa shape index (κ1) is 14.8. The number of hydrogen-bond donors (Lipinski definition) is 5. The van der Waals surface area contributed by atoms with E-state index in [9.17, 15) is 20.4 Å². The Morgan fingerprint density at radius 2 is 1.76 bits per heavy atom. The third-order valence-electron chi connectivity index (χ3n) is 2.45. The van der Waals surface area contributed by atoms with Gasteiger partial charge in [-0.05, 0) is 20.8 Å². The van der Waals surface area contributed by atoms with Crippen molar-refractivity contribution < 1.29 is 35.0 Å². The fourth-order valence-electron chi connectivity index (χ4n) is 1.56. The van der Waals surface area contributed by atoms with Crippen LogP contribution < -0.4 is 0 Å². The van der Waals surface area contributed by atoms with Gasteiger partial charge >= 0.3 is 0 Å². The fraction of sp³-hybridized carbons (Fsp3) is 1.00. The van der Waals surface area contributed by atoms with Crippen molar-refractivity contribution in [2.45, 2.75) is 56.8 Å². The van der Waals surface area contributed by atoms with Gasteiger partial charge in [0.2, 0.25) is 5.79 Å². The van der Waals surface area contributed by atoms with Crippen LogP contribution in [-0.4, -0.2) is 68.1 Å². The molecule has 1 saturated heterocycles. The van der Waals surface area contributed by atoms with Gasteiger partial charge in [-0.25, -0.2) is 0 Å². The summed E-state index contributed by atoms with van der Waals surface area (Å²) in [5.74, 6) is -2.72. The quantitative estimate of drug-likeness (QED) is 0.358. The molecule has 0 amide bonds. The van der Waals surface area contributed by atoms with Gasteiger partial charge in [-0.3, -0.25) is 0 Å².